The number of amides is 1. The molecule has 0 aliphatic carbocycles. The van der Waals surface area contributed by atoms with E-state index >= 15 is 0 Å². The highest BCUT2D eigenvalue weighted by molar-refractivity contribution is 7.89. The molecule has 1 aliphatic heterocycles. The van der Waals surface area contributed by atoms with E-state index in [2.05, 4.69) is 10.8 Å². The topological polar surface area (TPSA) is 93.5 Å². The largest absolute Gasteiger partial charge is 0.339 e. The van der Waals surface area contributed by atoms with Gasteiger partial charge in [-0.3, -0.25) is 9.69 Å². The molecule has 2 atom stereocenters. The van der Waals surface area contributed by atoms with Crippen LogP contribution in [0.3, 0.4) is 0 Å². The lowest BCUT2D eigenvalue weighted by Gasteiger charge is -2.39. The minimum absolute atomic E-state index is 0.179. The third-order valence-corrected chi connectivity index (χ3v) is 6.60. The van der Waals surface area contributed by atoms with Crippen LogP contribution in [0.2, 0.25) is 0 Å². The molecule has 1 amide bonds. The van der Waals surface area contributed by atoms with E-state index in [4.69, 9.17) is 0 Å². The predicted molar refractivity (Wildman–Crippen MR) is 108 cm³/mol. The maximum atomic E-state index is 14.0. The van der Waals surface area contributed by atoms with Crippen molar-refractivity contribution in [1.29, 1.82) is 5.26 Å². The van der Waals surface area contributed by atoms with Gasteiger partial charge in [-0.1, -0.05) is 39.8 Å². The first-order chi connectivity index (χ1) is 13.6. The predicted octanol–water partition coefficient (Wildman–Crippen LogP) is 1.82. The van der Waals surface area contributed by atoms with Gasteiger partial charge in [0.15, 0.2) is 0 Å². The molecule has 1 unspecified atom stereocenters. The number of nitrogens with zero attached hydrogens (tertiary/aromatic N) is 3. The van der Waals surface area contributed by atoms with Crippen LogP contribution in [-0.4, -0.2) is 62.4 Å². The Kier molecular flexibility index (Phi) is 7.74. The number of carbonyl (C=O) groups excluding carboxylic acids is 1. The average molecular weight is 425 g/mol. The SMILES string of the molecule is CC(C)C(C#N)N1CCN(C(=O)[C@@H](NS(=O)(=O)c2ccccc2F)C(C)C)CC1. The molecule has 0 bridgehead atoms. The van der Waals surface area contributed by atoms with E-state index in [-0.39, 0.29) is 23.8 Å². The van der Waals surface area contributed by atoms with Gasteiger partial charge in [-0.2, -0.15) is 9.98 Å². The lowest BCUT2D eigenvalue weighted by Crippen LogP contribution is -2.58. The molecule has 9 heteroatoms. The van der Waals surface area contributed by atoms with Crippen molar-refractivity contribution in [3.05, 3.63) is 30.1 Å². The molecule has 1 N–H and O–H groups in total. The minimum atomic E-state index is -4.18. The fraction of sp³-hybridized carbons (Fsp3) is 0.600. The van der Waals surface area contributed by atoms with Crippen molar-refractivity contribution >= 4 is 15.9 Å². The lowest BCUT2D eigenvalue weighted by molar-refractivity contribution is -0.136. The van der Waals surface area contributed by atoms with Gasteiger partial charge >= 0.3 is 0 Å². The van der Waals surface area contributed by atoms with E-state index in [1.807, 2.05) is 18.7 Å². The second-order valence-electron chi connectivity index (χ2n) is 7.95. The molecule has 0 radical (unpaired) electrons. The highest BCUT2D eigenvalue weighted by Crippen LogP contribution is 2.18. The average Bonchev–Trinajstić information content (AvgIpc) is 2.66. The van der Waals surface area contributed by atoms with Crippen LogP contribution in [0.1, 0.15) is 27.7 Å². The van der Waals surface area contributed by atoms with Crippen LogP contribution in [-0.2, 0) is 14.8 Å². The number of benzene rings is 1. The Balaban J connectivity index is 2.11. The van der Waals surface area contributed by atoms with Crippen LogP contribution >= 0.6 is 0 Å². The van der Waals surface area contributed by atoms with Gasteiger partial charge in [0.05, 0.1) is 6.07 Å². The van der Waals surface area contributed by atoms with Crippen LogP contribution in [0, 0.1) is 29.0 Å². The smallest absolute Gasteiger partial charge is 0.244 e. The molecule has 1 aromatic rings. The molecule has 0 saturated carbocycles. The van der Waals surface area contributed by atoms with Crippen LogP contribution in [0.15, 0.2) is 29.2 Å². The molecular weight excluding hydrogens is 395 g/mol. The summed E-state index contributed by atoms with van der Waals surface area (Å²) in [5, 5.41) is 9.36. The minimum Gasteiger partial charge on any atom is -0.339 e. The second kappa shape index (κ2) is 9.65. The van der Waals surface area contributed by atoms with Gasteiger partial charge in [0.25, 0.3) is 0 Å². The summed E-state index contributed by atoms with van der Waals surface area (Å²) in [7, 11) is -4.18. The standard InChI is InChI=1S/C20H29FN4O3S/c1-14(2)17(13-22)24-9-11-25(12-10-24)20(26)19(15(3)4)23-29(27,28)18-8-6-5-7-16(18)21/h5-8,14-15,17,19,23H,9-12H2,1-4H3/t17?,19-/m0/s1. The van der Waals surface area contributed by atoms with Crippen molar-refractivity contribution in [3.8, 4) is 6.07 Å². The van der Waals surface area contributed by atoms with Gasteiger partial charge in [0.1, 0.15) is 22.8 Å². The number of piperazine rings is 1. The normalized spacial score (nSPS) is 17.9. The Morgan fingerprint density at radius 2 is 1.69 bits per heavy atom. The summed E-state index contributed by atoms with van der Waals surface area (Å²) in [5.41, 5.74) is 0. The van der Waals surface area contributed by atoms with E-state index in [1.54, 1.807) is 18.7 Å². The van der Waals surface area contributed by atoms with Crippen molar-refractivity contribution < 1.29 is 17.6 Å². The van der Waals surface area contributed by atoms with Crippen molar-refractivity contribution in [1.82, 2.24) is 14.5 Å². The Morgan fingerprint density at radius 1 is 1.10 bits per heavy atom. The molecule has 7 nitrogen and oxygen atoms in total. The monoisotopic (exact) mass is 424 g/mol. The lowest BCUT2D eigenvalue weighted by atomic mass is 10.0. The molecule has 29 heavy (non-hydrogen) atoms. The first-order valence-corrected chi connectivity index (χ1v) is 11.3. The number of halogens is 1. The van der Waals surface area contributed by atoms with Crippen molar-refractivity contribution in [2.24, 2.45) is 11.8 Å². The Morgan fingerprint density at radius 3 is 2.17 bits per heavy atom. The Hall–Kier alpha value is -2.02. The Labute approximate surface area is 172 Å². The summed E-state index contributed by atoms with van der Waals surface area (Å²) >= 11 is 0. The molecule has 1 aliphatic rings. The van der Waals surface area contributed by atoms with E-state index in [9.17, 15) is 22.9 Å². The number of nitrogens with one attached hydrogen (secondary N) is 1. The summed E-state index contributed by atoms with van der Waals surface area (Å²) in [6, 6.07) is 6.18. The van der Waals surface area contributed by atoms with Crippen molar-refractivity contribution in [2.75, 3.05) is 26.2 Å². The van der Waals surface area contributed by atoms with E-state index in [0.29, 0.717) is 26.2 Å². The number of sulfonamides is 1. The van der Waals surface area contributed by atoms with Gasteiger partial charge in [-0.25, -0.2) is 12.8 Å². The van der Waals surface area contributed by atoms with Crippen LogP contribution < -0.4 is 4.72 Å². The first-order valence-electron chi connectivity index (χ1n) is 9.77. The number of hydrogen-bond acceptors (Lipinski definition) is 5. The summed E-state index contributed by atoms with van der Waals surface area (Å²) in [6.07, 6.45) is 0. The summed E-state index contributed by atoms with van der Waals surface area (Å²) in [4.78, 5) is 16.2. The summed E-state index contributed by atoms with van der Waals surface area (Å²) in [6.45, 7) is 9.37. The third-order valence-electron chi connectivity index (χ3n) is 5.12. The van der Waals surface area contributed by atoms with Crippen LogP contribution in [0.5, 0.6) is 0 Å². The van der Waals surface area contributed by atoms with Crippen molar-refractivity contribution in [2.45, 2.75) is 44.7 Å². The molecular formula is C20H29FN4O3S. The van der Waals surface area contributed by atoms with E-state index in [0.717, 1.165) is 6.07 Å². The molecule has 0 aromatic heterocycles. The van der Waals surface area contributed by atoms with Crippen molar-refractivity contribution in [3.63, 3.8) is 0 Å². The molecule has 1 aromatic carbocycles. The number of nitriles is 1. The maximum Gasteiger partial charge on any atom is 0.244 e. The summed E-state index contributed by atoms with van der Waals surface area (Å²) < 4.78 is 41.6. The molecule has 1 saturated heterocycles. The zero-order chi connectivity index (χ0) is 21.8. The van der Waals surface area contributed by atoms with Crippen LogP contribution in [0.25, 0.3) is 0 Å². The molecule has 1 heterocycles. The molecule has 0 spiro atoms. The first kappa shape index (κ1) is 23.3. The van der Waals surface area contributed by atoms with Crippen LogP contribution in [0.4, 0.5) is 4.39 Å². The van der Waals surface area contributed by atoms with Gasteiger partial charge in [-0.05, 0) is 24.0 Å². The quantitative estimate of drug-likeness (QED) is 0.721. The number of carbonyl (C=O) groups is 1. The maximum absolute atomic E-state index is 14.0. The fourth-order valence-electron chi connectivity index (χ4n) is 3.43. The number of hydrogen-bond donors (Lipinski definition) is 1. The van der Waals surface area contributed by atoms with Gasteiger partial charge in [0, 0.05) is 26.2 Å². The fourth-order valence-corrected chi connectivity index (χ4v) is 4.85. The third kappa shape index (κ3) is 5.53. The van der Waals surface area contributed by atoms with E-state index in [1.165, 1.54) is 18.2 Å². The highest BCUT2D eigenvalue weighted by Gasteiger charge is 2.35. The van der Waals surface area contributed by atoms with Gasteiger partial charge < -0.3 is 4.90 Å². The molecule has 2 rings (SSSR count). The molecule has 1 fully saturated rings. The highest BCUT2D eigenvalue weighted by atomic mass is 32.2. The Bertz CT molecular complexity index is 859. The number of rotatable bonds is 7. The second-order valence-corrected chi connectivity index (χ2v) is 9.64. The zero-order valence-electron chi connectivity index (χ0n) is 17.3. The van der Waals surface area contributed by atoms with E-state index < -0.39 is 26.8 Å². The van der Waals surface area contributed by atoms with Gasteiger partial charge in [-0.15, -0.1) is 0 Å². The summed E-state index contributed by atoms with van der Waals surface area (Å²) in [5.74, 6) is -1.33. The molecule has 160 valence electrons. The van der Waals surface area contributed by atoms with Gasteiger partial charge in [0.2, 0.25) is 15.9 Å². The zero-order valence-corrected chi connectivity index (χ0v) is 18.1.